The fraction of sp³-hybridized carbons (Fsp3) is 0.0690. The lowest BCUT2D eigenvalue weighted by atomic mass is 9.33. The Bertz CT molecular complexity index is 3230. The van der Waals surface area contributed by atoms with Crippen molar-refractivity contribution >= 4 is 96.2 Å². The number of furan rings is 1. The Balaban J connectivity index is 1.24. The lowest BCUT2D eigenvalue weighted by Crippen LogP contribution is -2.61. The summed E-state index contributed by atoms with van der Waals surface area (Å²) in [6.45, 7) is 6.84. The summed E-state index contributed by atoms with van der Waals surface area (Å²) in [4.78, 5) is 7.41. The van der Waals surface area contributed by atoms with Crippen molar-refractivity contribution in [3.05, 3.63) is 218 Å². The zero-order chi connectivity index (χ0) is 42.2. The molecule has 0 saturated carbocycles. The molecule has 2 aliphatic rings. The van der Waals surface area contributed by atoms with Crippen LogP contribution in [0.1, 0.15) is 26.3 Å². The lowest BCUT2D eigenvalue weighted by molar-refractivity contribution is 0.590. The van der Waals surface area contributed by atoms with Gasteiger partial charge in [0.1, 0.15) is 5.58 Å². The highest BCUT2D eigenvalue weighted by molar-refractivity contribution is 7.00. The Labute approximate surface area is 369 Å². The van der Waals surface area contributed by atoms with Gasteiger partial charge in [-0.05, 0) is 106 Å². The Morgan fingerprint density at radius 1 is 0.460 bits per heavy atom. The monoisotopic (exact) mass is 809 g/mol. The molecular weight excluding hydrogens is 765 g/mol. The third kappa shape index (κ3) is 5.91. The maximum atomic E-state index is 7.06. The van der Waals surface area contributed by atoms with E-state index in [0.717, 1.165) is 72.9 Å². The van der Waals surface area contributed by atoms with Crippen LogP contribution in [0.25, 0.3) is 33.1 Å². The summed E-state index contributed by atoms with van der Waals surface area (Å²) < 4.78 is 7.06. The predicted octanol–water partition coefficient (Wildman–Crippen LogP) is 14.1. The molecule has 1 aromatic heterocycles. The Morgan fingerprint density at radius 2 is 0.984 bits per heavy atom. The highest BCUT2D eigenvalue weighted by atomic mass is 16.3. The Kier molecular flexibility index (Phi) is 8.48. The van der Waals surface area contributed by atoms with Crippen molar-refractivity contribution in [1.29, 1.82) is 0 Å². The second kappa shape index (κ2) is 14.4. The molecule has 5 heteroatoms. The average molecular weight is 810 g/mol. The molecule has 0 unspecified atom stereocenters. The summed E-state index contributed by atoms with van der Waals surface area (Å²) in [5, 5.41) is 2.18. The van der Waals surface area contributed by atoms with E-state index in [0.29, 0.717) is 0 Å². The van der Waals surface area contributed by atoms with Crippen molar-refractivity contribution in [2.75, 3.05) is 14.7 Å². The van der Waals surface area contributed by atoms with Gasteiger partial charge in [-0.15, -0.1) is 0 Å². The van der Waals surface area contributed by atoms with Crippen LogP contribution in [0, 0.1) is 0 Å². The number of rotatable bonds is 6. The SMILES string of the molecule is CC(C)(C)c1ccc(N(c2cc3c4c(c2)N(c2ccccc2)c2ccccc2B4c2ccccc2N3c2ccccc2)c2c(-c3ccccc3)ccc3c2oc2ccccc23)cc1. The van der Waals surface area contributed by atoms with E-state index in [9.17, 15) is 0 Å². The number of hydrogen-bond donors (Lipinski definition) is 0. The summed E-state index contributed by atoms with van der Waals surface area (Å²) in [5.41, 5.74) is 18.9. The molecular formula is C58H44BN3O. The van der Waals surface area contributed by atoms with Gasteiger partial charge in [-0.25, -0.2) is 0 Å². The first-order chi connectivity index (χ1) is 30.9. The molecule has 0 bridgehead atoms. The number of para-hydroxylation sites is 5. The van der Waals surface area contributed by atoms with E-state index in [1.54, 1.807) is 0 Å². The number of nitrogens with zero attached hydrogens (tertiary/aromatic N) is 3. The molecule has 0 saturated heterocycles. The van der Waals surface area contributed by atoms with Crippen LogP contribution in [0.2, 0.25) is 0 Å². The standard InChI is InChI=1S/C58H44BN3O/c1-58(2,3)40-31-33-43(34-32-40)60(56-45(39-19-7-4-8-20-39)35-36-47-46-25-13-18-30-54(46)63-57(47)56)44-37-52-55-53(38-44)62(42-23-11-6-12-24-42)51-29-17-15-27-49(51)59(55)48-26-14-16-28-50(48)61(52)41-21-9-5-10-22-41/h4-38H,1-3H3. The van der Waals surface area contributed by atoms with E-state index < -0.39 is 0 Å². The second-order valence-electron chi connectivity index (χ2n) is 17.7. The van der Waals surface area contributed by atoms with Crippen LogP contribution in [0.15, 0.2) is 217 Å². The van der Waals surface area contributed by atoms with Crippen molar-refractivity contribution < 1.29 is 4.42 Å². The van der Waals surface area contributed by atoms with Crippen LogP contribution in [-0.4, -0.2) is 6.71 Å². The molecule has 0 amide bonds. The summed E-state index contributed by atoms with van der Waals surface area (Å²) in [6.07, 6.45) is 0. The number of hydrogen-bond acceptors (Lipinski definition) is 4. The molecule has 2 aliphatic heterocycles. The van der Waals surface area contributed by atoms with Gasteiger partial charge in [0.05, 0.1) is 11.4 Å². The zero-order valence-electron chi connectivity index (χ0n) is 35.5. The highest BCUT2D eigenvalue weighted by Crippen LogP contribution is 2.52. The first kappa shape index (κ1) is 37.0. The molecule has 0 fully saturated rings. The molecule has 0 atom stereocenters. The third-order valence-electron chi connectivity index (χ3n) is 13.0. The smallest absolute Gasteiger partial charge is 0.252 e. The van der Waals surface area contributed by atoms with Crippen molar-refractivity contribution in [1.82, 2.24) is 0 Å². The van der Waals surface area contributed by atoms with Gasteiger partial charge >= 0.3 is 0 Å². The molecule has 0 aliphatic carbocycles. The summed E-state index contributed by atoms with van der Waals surface area (Å²) in [7, 11) is 0. The van der Waals surface area contributed by atoms with E-state index in [1.807, 2.05) is 0 Å². The average Bonchev–Trinajstić information content (AvgIpc) is 3.71. The van der Waals surface area contributed by atoms with Gasteiger partial charge in [-0.1, -0.05) is 160 Å². The van der Waals surface area contributed by atoms with E-state index in [4.69, 9.17) is 4.42 Å². The van der Waals surface area contributed by atoms with Crippen molar-refractivity contribution in [2.24, 2.45) is 0 Å². The van der Waals surface area contributed by atoms with Gasteiger partial charge in [0.2, 0.25) is 0 Å². The summed E-state index contributed by atoms with van der Waals surface area (Å²) >= 11 is 0. The van der Waals surface area contributed by atoms with Crippen LogP contribution in [0.3, 0.4) is 0 Å². The molecule has 4 nitrogen and oxygen atoms in total. The van der Waals surface area contributed by atoms with Gasteiger partial charge in [0, 0.05) is 56.1 Å². The van der Waals surface area contributed by atoms with Gasteiger partial charge in [0.15, 0.2) is 5.58 Å². The summed E-state index contributed by atoms with van der Waals surface area (Å²) in [6, 6.07) is 77.3. The predicted molar refractivity (Wildman–Crippen MR) is 267 cm³/mol. The van der Waals surface area contributed by atoms with Gasteiger partial charge in [-0.3, -0.25) is 0 Å². The normalized spacial score (nSPS) is 12.9. The van der Waals surface area contributed by atoms with Gasteiger partial charge in [0.25, 0.3) is 6.71 Å². The molecule has 10 aromatic rings. The second-order valence-corrected chi connectivity index (χ2v) is 17.7. The number of benzene rings is 9. The maximum Gasteiger partial charge on any atom is 0.252 e. The van der Waals surface area contributed by atoms with Crippen LogP contribution < -0.4 is 31.1 Å². The van der Waals surface area contributed by atoms with Crippen molar-refractivity contribution in [2.45, 2.75) is 26.2 Å². The van der Waals surface area contributed by atoms with Crippen molar-refractivity contribution in [3.63, 3.8) is 0 Å². The first-order valence-corrected chi connectivity index (χ1v) is 21.9. The molecule has 3 heterocycles. The van der Waals surface area contributed by atoms with Crippen molar-refractivity contribution in [3.8, 4) is 11.1 Å². The van der Waals surface area contributed by atoms with Crippen LogP contribution >= 0.6 is 0 Å². The molecule has 9 aromatic carbocycles. The molecule has 12 rings (SSSR count). The molecule has 0 spiro atoms. The Morgan fingerprint density at radius 3 is 1.57 bits per heavy atom. The van der Waals surface area contributed by atoms with E-state index >= 15 is 0 Å². The minimum atomic E-state index is -0.0184. The van der Waals surface area contributed by atoms with Gasteiger partial charge in [-0.2, -0.15) is 0 Å². The third-order valence-corrected chi connectivity index (χ3v) is 13.0. The van der Waals surface area contributed by atoms with Crippen LogP contribution in [0.4, 0.5) is 51.2 Å². The zero-order valence-corrected chi connectivity index (χ0v) is 35.5. The van der Waals surface area contributed by atoms with Gasteiger partial charge < -0.3 is 19.1 Å². The first-order valence-electron chi connectivity index (χ1n) is 21.9. The Hall–Kier alpha value is -7.76. The fourth-order valence-corrected chi connectivity index (χ4v) is 10.1. The van der Waals surface area contributed by atoms with Crippen LogP contribution in [0.5, 0.6) is 0 Å². The van der Waals surface area contributed by atoms with E-state index in [2.05, 4.69) is 248 Å². The minimum absolute atomic E-state index is 0.00887. The maximum absolute atomic E-state index is 7.06. The van der Waals surface area contributed by atoms with Crippen LogP contribution in [-0.2, 0) is 5.41 Å². The topological polar surface area (TPSA) is 22.9 Å². The fourth-order valence-electron chi connectivity index (χ4n) is 10.1. The van der Waals surface area contributed by atoms with E-state index in [1.165, 1.54) is 33.3 Å². The largest absolute Gasteiger partial charge is 0.454 e. The highest BCUT2D eigenvalue weighted by Gasteiger charge is 2.44. The molecule has 300 valence electrons. The minimum Gasteiger partial charge on any atom is -0.454 e. The molecule has 63 heavy (non-hydrogen) atoms. The lowest BCUT2D eigenvalue weighted by Gasteiger charge is -2.45. The molecule has 0 N–H and O–H groups in total. The number of anilines is 9. The molecule has 0 radical (unpaired) electrons. The quantitative estimate of drug-likeness (QED) is 0.156. The summed E-state index contributed by atoms with van der Waals surface area (Å²) in [5.74, 6) is 0. The number of fused-ring (bicyclic) bond motifs is 7. The van der Waals surface area contributed by atoms with E-state index in [-0.39, 0.29) is 12.1 Å².